The molecule has 0 radical (unpaired) electrons. The van der Waals surface area contributed by atoms with Crippen LogP contribution in [0.15, 0.2) is 36.9 Å². The lowest BCUT2D eigenvalue weighted by Gasteiger charge is -2.38. The maximum absolute atomic E-state index is 5.19. The summed E-state index contributed by atoms with van der Waals surface area (Å²) in [6.07, 6.45) is 9.56. The lowest BCUT2D eigenvalue weighted by atomic mass is 9.79. The fraction of sp³-hybridized carbons (Fsp3) is 0.500. The van der Waals surface area contributed by atoms with Crippen molar-refractivity contribution in [1.29, 1.82) is 0 Å². The van der Waals surface area contributed by atoms with Gasteiger partial charge < -0.3 is 10.1 Å². The molecule has 1 saturated carbocycles. The Kier molecular flexibility index (Phi) is 4.29. The fourth-order valence-corrected chi connectivity index (χ4v) is 2.87. The van der Waals surface area contributed by atoms with Gasteiger partial charge >= 0.3 is 0 Å². The van der Waals surface area contributed by atoms with Crippen molar-refractivity contribution in [2.45, 2.75) is 44.1 Å². The molecule has 0 atom stereocenters. The van der Waals surface area contributed by atoms with E-state index in [1.54, 1.807) is 7.11 Å². The maximum atomic E-state index is 5.19. The summed E-state index contributed by atoms with van der Waals surface area (Å²) in [5, 5.41) is 3.72. The first-order chi connectivity index (χ1) is 8.78. The van der Waals surface area contributed by atoms with Crippen LogP contribution in [0.5, 0.6) is 5.75 Å². The molecule has 0 amide bonds. The van der Waals surface area contributed by atoms with E-state index in [-0.39, 0.29) is 5.54 Å². The van der Waals surface area contributed by atoms with Gasteiger partial charge in [0, 0.05) is 11.2 Å². The van der Waals surface area contributed by atoms with Crippen molar-refractivity contribution in [1.82, 2.24) is 0 Å². The van der Waals surface area contributed by atoms with Crippen LogP contribution in [-0.4, -0.2) is 12.6 Å². The molecule has 1 fully saturated rings. The van der Waals surface area contributed by atoms with Crippen molar-refractivity contribution in [3.63, 3.8) is 0 Å². The molecule has 0 bridgehead atoms. The highest BCUT2D eigenvalue weighted by atomic mass is 16.5. The van der Waals surface area contributed by atoms with E-state index in [2.05, 4.69) is 24.0 Å². The van der Waals surface area contributed by atoms with Gasteiger partial charge in [-0.05, 0) is 43.5 Å². The smallest absolute Gasteiger partial charge is 0.119 e. The van der Waals surface area contributed by atoms with E-state index in [4.69, 9.17) is 4.74 Å². The van der Waals surface area contributed by atoms with Crippen LogP contribution in [-0.2, 0) is 0 Å². The zero-order valence-electron chi connectivity index (χ0n) is 11.2. The van der Waals surface area contributed by atoms with Gasteiger partial charge in [0.2, 0.25) is 0 Å². The second-order valence-electron chi connectivity index (χ2n) is 5.19. The third-order valence-corrected chi connectivity index (χ3v) is 3.85. The summed E-state index contributed by atoms with van der Waals surface area (Å²) >= 11 is 0. The number of nitrogens with one attached hydrogen (secondary N) is 1. The van der Waals surface area contributed by atoms with E-state index in [9.17, 15) is 0 Å². The zero-order valence-corrected chi connectivity index (χ0v) is 11.2. The Hall–Kier alpha value is -1.44. The topological polar surface area (TPSA) is 21.3 Å². The molecule has 0 aromatic heterocycles. The lowest BCUT2D eigenvalue weighted by molar-refractivity contribution is 0.326. The first-order valence-corrected chi connectivity index (χ1v) is 6.81. The monoisotopic (exact) mass is 245 g/mol. The van der Waals surface area contributed by atoms with Gasteiger partial charge in [0.05, 0.1) is 7.11 Å². The molecule has 1 aliphatic rings. The predicted octanol–water partition coefficient (Wildman–Crippen LogP) is 4.39. The second-order valence-corrected chi connectivity index (χ2v) is 5.19. The minimum absolute atomic E-state index is 0.217. The SMILES string of the molecule is C=CCC1(Nc2ccc(OC)cc2)CCCCC1. The molecule has 1 aliphatic carbocycles. The lowest BCUT2D eigenvalue weighted by Crippen LogP contribution is -2.39. The molecule has 0 heterocycles. The third kappa shape index (κ3) is 3.06. The van der Waals surface area contributed by atoms with Gasteiger partial charge in [-0.3, -0.25) is 0 Å². The Bertz CT molecular complexity index is 377. The largest absolute Gasteiger partial charge is 0.497 e. The van der Waals surface area contributed by atoms with E-state index >= 15 is 0 Å². The highest BCUT2D eigenvalue weighted by Crippen LogP contribution is 2.34. The number of rotatable bonds is 5. The highest BCUT2D eigenvalue weighted by Gasteiger charge is 2.30. The number of ether oxygens (including phenoxy) is 1. The van der Waals surface area contributed by atoms with E-state index in [1.165, 1.54) is 37.8 Å². The Morgan fingerprint density at radius 1 is 1.22 bits per heavy atom. The van der Waals surface area contributed by atoms with E-state index in [1.807, 2.05) is 18.2 Å². The van der Waals surface area contributed by atoms with Crippen LogP contribution in [0.2, 0.25) is 0 Å². The maximum Gasteiger partial charge on any atom is 0.119 e. The normalized spacial score (nSPS) is 18.1. The summed E-state index contributed by atoms with van der Waals surface area (Å²) in [5.41, 5.74) is 1.40. The molecular weight excluding hydrogens is 222 g/mol. The number of hydrogen-bond donors (Lipinski definition) is 1. The summed E-state index contributed by atoms with van der Waals surface area (Å²) in [7, 11) is 1.70. The van der Waals surface area contributed by atoms with Crippen molar-refractivity contribution >= 4 is 5.69 Å². The molecule has 1 aromatic carbocycles. The number of anilines is 1. The molecule has 2 rings (SSSR count). The Morgan fingerprint density at radius 2 is 1.89 bits per heavy atom. The van der Waals surface area contributed by atoms with Crippen molar-refractivity contribution < 1.29 is 4.74 Å². The molecule has 0 unspecified atom stereocenters. The zero-order chi connectivity index (χ0) is 12.8. The summed E-state index contributed by atoms with van der Waals surface area (Å²) in [5.74, 6) is 0.905. The average Bonchev–Trinajstić information content (AvgIpc) is 2.41. The molecule has 0 saturated heterocycles. The van der Waals surface area contributed by atoms with Crippen LogP contribution >= 0.6 is 0 Å². The molecule has 18 heavy (non-hydrogen) atoms. The van der Waals surface area contributed by atoms with Gasteiger partial charge in [-0.2, -0.15) is 0 Å². The second kappa shape index (κ2) is 5.94. The van der Waals surface area contributed by atoms with Gasteiger partial charge in [0.15, 0.2) is 0 Å². The summed E-state index contributed by atoms with van der Waals surface area (Å²) < 4.78 is 5.19. The Morgan fingerprint density at radius 3 is 2.44 bits per heavy atom. The molecule has 98 valence electrons. The van der Waals surface area contributed by atoms with Crippen LogP contribution in [0.3, 0.4) is 0 Å². The van der Waals surface area contributed by atoms with Gasteiger partial charge in [0.1, 0.15) is 5.75 Å². The molecule has 2 heteroatoms. The van der Waals surface area contributed by atoms with Gasteiger partial charge in [0.25, 0.3) is 0 Å². The number of methoxy groups -OCH3 is 1. The first kappa shape index (κ1) is 13.0. The van der Waals surface area contributed by atoms with Gasteiger partial charge in [-0.1, -0.05) is 25.3 Å². The highest BCUT2D eigenvalue weighted by molar-refractivity contribution is 5.48. The molecule has 0 spiro atoms. The van der Waals surface area contributed by atoms with Crippen molar-refractivity contribution in [2.75, 3.05) is 12.4 Å². The molecule has 0 aliphatic heterocycles. The van der Waals surface area contributed by atoms with Gasteiger partial charge in [-0.15, -0.1) is 6.58 Å². The standard InChI is InChI=1S/C16H23NO/c1-3-11-16(12-5-4-6-13-16)17-14-7-9-15(18-2)10-8-14/h3,7-10,17H,1,4-6,11-13H2,2H3. The van der Waals surface area contributed by atoms with E-state index in [0.717, 1.165) is 12.2 Å². The molecule has 1 N–H and O–H groups in total. The van der Waals surface area contributed by atoms with Crippen molar-refractivity contribution in [3.05, 3.63) is 36.9 Å². The minimum Gasteiger partial charge on any atom is -0.497 e. The van der Waals surface area contributed by atoms with Crippen molar-refractivity contribution in [2.24, 2.45) is 0 Å². The summed E-state index contributed by atoms with van der Waals surface area (Å²) in [4.78, 5) is 0. The van der Waals surface area contributed by atoms with Crippen molar-refractivity contribution in [3.8, 4) is 5.75 Å². The van der Waals surface area contributed by atoms with E-state index < -0.39 is 0 Å². The fourth-order valence-electron chi connectivity index (χ4n) is 2.87. The van der Waals surface area contributed by atoms with Crippen LogP contribution < -0.4 is 10.1 Å². The minimum atomic E-state index is 0.217. The van der Waals surface area contributed by atoms with Gasteiger partial charge in [-0.25, -0.2) is 0 Å². The Labute approximate surface area is 110 Å². The molecule has 2 nitrogen and oxygen atoms in total. The molecule has 1 aromatic rings. The number of hydrogen-bond acceptors (Lipinski definition) is 2. The molecular formula is C16H23NO. The van der Waals surface area contributed by atoms with Crippen LogP contribution in [0.4, 0.5) is 5.69 Å². The average molecular weight is 245 g/mol. The quantitative estimate of drug-likeness (QED) is 0.777. The first-order valence-electron chi connectivity index (χ1n) is 6.81. The third-order valence-electron chi connectivity index (χ3n) is 3.85. The number of benzene rings is 1. The van der Waals surface area contributed by atoms with Crippen LogP contribution in [0, 0.1) is 0 Å². The summed E-state index contributed by atoms with van der Waals surface area (Å²) in [6.45, 7) is 3.91. The Balaban J connectivity index is 2.09. The van der Waals surface area contributed by atoms with Crippen LogP contribution in [0.25, 0.3) is 0 Å². The predicted molar refractivity (Wildman–Crippen MR) is 77.2 cm³/mol. The summed E-state index contributed by atoms with van der Waals surface area (Å²) in [6, 6.07) is 8.20. The van der Waals surface area contributed by atoms with Crippen LogP contribution in [0.1, 0.15) is 38.5 Å². The van der Waals surface area contributed by atoms with E-state index in [0.29, 0.717) is 0 Å².